The van der Waals surface area contributed by atoms with E-state index in [0.29, 0.717) is 13.2 Å². The third-order valence-corrected chi connectivity index (χ3v) is 3.21. The van der Waals surface area contributed by atoms with E-state index in [-0.39, 0.29) is 11.9 Å². The largest absolute Gasteiger partial charge is 0.466 e. The molecule has 1 rings (SSSR count). The van der Waals surface area contributed by atoms with E-state index in [1.165, 1.54) is 12.5 Å². The second-order valence-electron chi connectivity index (χ2n) is 4.25. The van der Waals surface area contributed by atoms with Crippen LogP contribution in [0.1, 0.15) is 18.9 Å². The number of esters is 1. The van der Waals surface area contributed by atoms with Gasteiger partial charge in [0.1, 0.15) is 0 Å². The number of hydrogen-bond donors (Lipinski definition) is 0. The molecule has 0 radical (unpaired) electrons. The number of aryl methyl sites for hydroxylation is 1. The summed E-state index contributed by atoms with van der Waals surface area (Å²) in [6.07, 6.45) is 1.67. The molecule has 0 aliphatic rings. The summed E-state index contributed by atoms with van der Waals surface area (Å²) in [5.41, 5.74) is 9.56. The van der Waals surface area contributed by atoms with Crippen molar-refractivity contribution >= 4 is 21.9 Å². The number of carbonyl (C=O) groups excluding carboxylic acids is 1. The van der Waals surface area contributed by atoms with Gasteiger partial charge in [0.25, 0.3) is 0 Å². The lowest BCUT2D eigenvalue weighted by Gasteiger charge is -2.14. The quantitative estimate of drug-likeness (QED) is 0.330. The van der Waals surface area contributed by atoms with Gasteiger partial charge in [-0.05, 0) is 42.0 Å². The van der Waals surface area contributed by atoms with Crippen molar-refractivity contribution in [3.05, 3.63) is 44.7 Å². The summed E-state index contributed by atoms with van der Waals surface area (Å²) in [5, 5.41) is 3.56. The van der Waals surface area contributed by atoms with E-state index in [4.69, 9.17) is 10.3 Å². The van der Waals surface area contributed by atoms with Crippen LogP contribution < -0.4 is 0 Å². The van der Waals surface area contributed by atoms with Crippen molar-refractivity contribution in [2.24, 2.45) is 11.0 Å². The Balaban J connectivity index is 2.48. The number of ether oxygens (including phenoxy) is 1. The topological polar surface area (TPSA) is 75.1 Å². The van der Waals surface area contributed by atoms with E-state index in [2.05, 4.69) is 26.0 Å². The molecule has 0 heterocycles. The zero-order valence-corrected chi connectivity index (χ0v) is 12.3. The van der Waals surface area contributed by atoms with Gasteiger partial charge in [0.15, 0.2) is 0 Å². The molecule has 1 aromatic carbocycles. The van der Waals surface area contributed by atoms with Gasteiger partial charge in [-0.15, -0.1) is 0 Å². The molecule has 0 saturated heterocycles. The molecule has 19 heavy (non-hydrogen) atoms. The highest BCUT2D eigenvalue weighted by molar-refractivity contribution is 9.10. The molecule has 1 unspecified atom stereocenters. The van der Waals surface area contributed by atoms with E-state index in [0.717, 1.165) is 17.3 Å². The summed E-state index contributed by atoms with van der Waals surface area (Å²) in [4.78, 5) is 13.6. The molecular weight excluding hydrogens is 310 g/mol. The van der Waals surface area contributed by atoms with E-state index in [1.807, 2.05) is 24.3 Å². The van der Waals surface area contributed by atoms with Gasteiger partial charge in [-0.1, -0.05) is 33.2 Å². The Labute approximate surface area is 120 Å². The Morgan fingerprint density at radius 2 is 2.16 bits per heavy atom. The van der Waals surface area contributed by atoms with Crippen LogP contribution in [-0.2, 0) is 16.0 Å². The maximum Gasteiger partial charge on any atom is 0.302 e. The lowest BCUT2D eigenvalue weighted by atomic mass is 10.0. The molecule has 0 spiro atoms. The molecule has 5 nitrogen and oxygen atoms in total. The predicted octanol–water partition coefficient (Wildman–Crippen LogP) is 3.87. The van der Waals surface area contributed by atoms with Crippen molar-refractivity contribution in [2.45, 2.75) is 19.8 Å². The van der Waals surface area contributed by atoms with E-state index < -0.39 is 0 Å². The van der Waals surface area contributed by atoms with Crippen molar-refractivity contribution in [3.8, 4) is 0 Å². The smallest absolute Gasteiger partial charge is 0.302 e. The maximum atomic E-state index is 10.8. The molecule has 102 valence electrons. The maximum absolute atomic E-state index is 10.8. The van der Waals surface area contributed by atoms with Gasteiger partial charge >= 0.3 is 5.97 Å². The second-order valence-corrected chi connectivity index (χ2v) is 5.16. The number of benzene rings is 1. The van der Waals surface area contributed by atoms with E-state index >= 15 is 0 Å². The van der Waals surface area contributed by atoms with Crippen molar-refractivity contribution in [1.82, 2.24) is 0 Å². The first-order valence-corrected chi connectivity index (χ1v) is 6.79. The van der Waals surface area contributed by atoms with Gasteiger partial charge < -0.3 is 4.74 Å². The Kier molecular flexibility index (Phi) is 7.00. The van der Waals surface area contributed by atoms with E-state index in [1.54, 1.807) is 0 Å². The van der Waals surface area contributed by atoms with Crippen molar-refractivity contribution in [3.63, 3.8) is 0 Å². The molecular formula is C13H16BrN3O2. The van der Waals surface area contributed by atoms with Crippen LogP contribution in [0, 0.1) is 5.92 Å². The van der Waals surface area contributed by atoms with Gasteiger partial charge in [-0.25, -0.2) is 0 Å². The molecule has 0 N–H and O–H groups in total. The predicted molar refractivity (Wildman–Crippen MR) is 76.6 cm³/mol. The van der Waals surface area contributed by atoms with Crippen LogP contribution in [-0.4, -0.2) is 19.1 Å². The highest BCUT2D eigenvalue weighted by Gasteiger charge is 2.10. The number of hydrogen-bond acceptors (Lipinski definition) is 3. The Hall–Kier alpha value is -1.52. The standard InChI is InChI=1S/C13H16BrN3O2/c1-10(18)19-9-12(8-16-17-15)3-2-11-4-6-13(14)7-5-11/h4-7,12H,2-3,8-9H2,1H3. The van der Waals surface area contributed by atoms with Crippen LogP contribution in [0.2, 0.25) is 0 Å². The molecule has 0 amide bonds. The fourth-order valence-corrected chi connectivity index (χ4v) is 1.90. The van der Waals surface area contributed by atoms with Crippen molar-refractivity contribution in [1.29, 1.82) is 0 Å². The average molecular weight is 326 g/mol. The normalized spacial score (nSPS) is 11.5. The summed E-state index contributed by atoms with van der Waals surface area (Å²) in [6.45, 7) is 2.02. The highest BCUT2D eigenvalue weighted by atomic mass is 79.9. The second kappa shape index (κ2) is 8.56. The molecule has 1 aromatic rings. The van der Waals surface area contributed by atoms with Gasteiger partial charge in [0.2, 0.25) is 0 Å². The summed E-state index contributed by atoms with van der Waals surface area (Å²) in [6, 6.07) is 8.06. The lowest BCUT2D eigenvalue weighted by Crippen LogP contribution is -2.16. The summed E-state index contributed by atoms with van der Waals surface area (Å²) < 4.78 is 6.02. The minimum atomic E-state index is -0.311. The van der Waals surface area contributed by atoms with Gasteiger partial charge in [0, 0.05) is 22.9 Å². The zero-order valence-electron chi connectivity index (χ0n) is 10.8. The number of azide groups is 1. The molecule has 0 bridgehead atoms. The summed E-state index contributed by atoms with van der Waals surface area (Å²) >= 11 is 3.39. The number of halogens is 1. The van der Waals surface area contributed by atoms with Gasteiger partial charge in [-0.2, -0.15) is 0 Å². The van der Waals surface area contributed by atoms with Crippen LogP contribution in [0.3, 0.4) is 0 Å². The van der Waals surface area contributed by atoms with Crippen molar-refractivity contribution in [2.75, 3.05) is 13.2 Å². The van der Waals surface area contributed by atoms with Crippen LogP contribution in [0.4, 0.5) is 0 Å². The third kappa shape index (κ3) is 6.84. The van der Waals surface area contributed by atoms with Gasteiger partial charge in [0.05, 0.1) is 6.61 Å². The Morgan fingerprint density at radius 3 is 2.74 bits per heavy atom. The van der Waals surface area contributed by atoms with Crippen LogP contribution in [0.25, 0.3) is 10.4 Å². The number of nitrogens with zero attached hydrogens (tertiary/aromatic N) is 3. The third-order valence-electron chi connectivity index (χ3n) is 2.68. The molecule has 0 aliphatic carbocycles. The summed E-state index contributed by atoms with van der Waals surface area (Å²) in [7, 11) is 0. The van der Waals surface area contributed by atoms with Crippen molar-refractivity contribution < 1.29 is 9.53 Å². The molecule has 0 saturated carbocycles. The highest BCUT2D eigenvalue weighted by Crippen LogP contribution is 2.15. The fourth-order valence-electron chi connectivity index (χ4n) is 1.64. The zero-order chi connectivity index (χ0) is 14.1. The minimum absolute atomic E-state index is 0.0587. The molecule has 0 fully saturated rings. The number of rotatable bonds is 7. The van der Waals surface area contributed by atoms with E-state index in [9.17, 15) is 4.79 Å². The Morgan fingerprint density at radius 1 is 1.47 bits per heavy atom. The first kappa shape index (κ1) is 15.5. The number of carbonyl (C=O) groups is 1. The first-order valence-electron chi connectivity index (χ1n) is 6.00. The molecule has 1 atom stereocenters. The van der Waals surface area contributed by atoms with Crippen LogP contribution >= 0.6 is 15.9 Å². The molecule has 0 aliphatic heterocycles. The lowest BCUT2D eigenvalue weighted by molar-refractivity contribution is -0.142. The SMILES string of the molecule is CC(=O)OCC(CCc1ccc(Br)cc1)CN=[N+]=[N-]. The Bertz CT molecular complexity index is 455. The first-order chi connectivity index (χ1) is 9.11. The fraction of sp³-hybridized carbons (Fsp3) is 0.462. The molecule has 0 aromatic heterocycles. The monoisotopic (exact) mass is 325 g/mol. The van der Waals surface area contributed by atoms with Gasteiger partial charge in [-0.3, -0.25) is 4.79 Å². The average Bonchev–Trinajstić information content (AvgIpc) is 2.39. The minimum Gasteiger partial charge on any atom is -0.466 e. The summed E-state index contributed by atoms with van der Waals surface area (Å²) in [5.74, 6) is -0.252. The van der Waals surface area contributed by atoms with Crippen LogP contribution in [0.15, 0.2) is 33.9 Å². The molecule has 6 heteroatoms. The van der Waals surface area contributed by atoms with Crippen LogP contribution in [0.5, 0.6) is 0 Å².